The van der Waals surface area contributed by atoms with Crippen molar-refractivity contribution in [2.45, 2.75) is 52.2 Å². The van der Waals surface area contributed by atoms with E-state index in [1.807, 2.05) is 0 Å². The molecule has 2 heteroatoms. The van der Waals surface area contributed by atoms with Gasteiger partial charge in [0.15, 0.2) is 0 Å². The lowest BCUT2D eigenvalue weighted by Gasteiger charge is -2.29. The second kappa shape index (κ2) is 6.20. The summed E-state index contributed by atoms with van der Waals surface area (Å²) in [6.45, 7) is 13.4. The summed E-state index contributed by atoms with van der Waals surface area (Å²) in [7, 11) is 1.77. The Bertz CT molecular complexity index is 175. The van der Waals surface area contributed by atoms with Crippen molar-refractivity contribution in [1.29, 1.82) is 0 Å². The SMILES string of the molecule is C=C(C)CC(CC(C)(C)OC)NCC. The zero-order chi connectivity index (χ0) is 11.2. The van der Waals surface area contributed by atoms with E-state index < -0.39 is 0 Å². The lowest BCUT2D eigenvalue weighted by atomic mass is 9.94. The van der Waals surface area contributed by atoms with Gasteiger partial charge in [0.2, 0.25) is 0 Å². The predicted octanol–water partition coefficient (Wildman–Crippen LogP) is 2.75. The summed E-state index contributed by atoms with van der Waals surface area (Å²) in [5, 5.41) is 3.46. The topological polar surface area (TPSA) is 21.3 Å². The van der Waals surface area contributed by atoms with E-state index in [0.29, 0.717) is 6.04 Å². The lowest BCUT2D eigenvalue weighted by molar-refractivity contribution is 0.00728. The van der Waals surface area contributed by atoms with Crippen LogP contribution in [0.1, 0.15) is 40.5 Å². The average molecular weight is 199 g/mol. The van der Waals surface area contributed by atoms with Crippen LogP contribution in [-0.2, 0) is 4.74 Å². The molecule has 0 bridgehead atoms. The molecule has 0 aromatic carbocycles. The van der Waals surface area contributed by atoms with Crippen LogP contribution in [0.2, 0.25) is 0 Å². The molecule has 0 fully saturated rings. The van der Waals surface area contributed by atoms with Gasteiger partial charge in [-0.15, -0.1) is 6.58 Å². The van der Waals surface area contributed by atoms with Crippen molar-refractivity contribution in [3.63, 3.8) is 0 Å². The zero-order valence-electron chi connectivity index (χ0n) is 10.3. The number of rotatable bonds is 7. The van der Waals surface area contributed by atoms with Crippen molar-refractivity contribution in [3.8, 4) is 0 Å². The Morgan fingerprint density at radius 2 is 2.07 bits per heavy atom. The first-order valence-corrected chi connectivity index (χ1v) is 5.34. The molecule has 0 saturated carbocycles. The first-order valence-electron chi connectivity index (χ1n) is 5.34. The van der Waals surface area contributed by atoms with Crippen molar-refractivity contribution in [1.82, 2.24) is 5.32 Å². The molecule has 0 aromatic rings. The molecule has 0 radical (unpaired) electrons. The molecule has 1 unspecified atom stereocenters. The van der Waals surface area contributed by atoms with Gasteiger partial charge >= 0.3 is 0 Å². The molecular formula is C12H25NO. The molecule has 0 heterocycles. The molecule has 1 atom stereocenters. The number of hydrogen-bond donors (Lipinski definition) is 1. The predicted molar refractivity (Wildman–Crippen MR) is 62.6 cm³/mol. The van der Waals surface area contributed by atoms with Gasteiger partial charge in [-0.2, -0.15) is 0 Å². The fourth-order valence-corrected chi connectivity index (χ4v) is 1.60. The van der Waals surface area contributed by atoms with Crippen LogP contribution in [0.5, 0.6) is 0 Å². The van der Waals surface area contributed by atoms with Gasteiger partial charge in [0.1, 0.15) is 0 Å². The van der Waals surface area contributed by atoms with Crippen molar-refractivity contribution < 1.29 is 4.74 Å². The van der Waals surface area contributed by atoms with Crippen molar-refractivity contribution in [3.05, 3.63) is 12.2 Å². The molecule has 0 saturated heterocycles. The van der Waals surface area contributed by atoms with Gasteiger partial charge in [0.05, 0.1) is 5.60 Å². The van der Waals surface area contributed by atoms with Crippen LogP contribution in [0.3, 0.4) is 0 Å². The molecule has 0 aromatic heterocycles. The second-order valence-electron chi connectivity index (χ2n) is 4.58. The van der Waals surface area contributed by atoms with E-state index in [1.165, 1.54) is 5.57 Å². The van der Waals surface area contributed by atoms with Crippen LogP contribution in [-0.4, -0.2) is 25.3 Å². The zero-order valence-corrected chi connectivity index (χ0v) is 10.3. The van der Waals surface area contributed by atoms with Crippen LogP contribution in [0.4, 0.5) is 0 Å². The van der Waals surface area contributed by atoms with Gasteiger partial charge < -0.3 is 10.1 Å². The van der Waals surface area contributed by atoms with E-state index in [-0.39, 0.29) is 5.60 Å². The average Bonchev–Trinajstić information content (AvgIpc) is 2.03. The van der Waals surface area contributed by atoms with Gasteiger partial charge in [0, 0.05) is 13.2 Å². The Labute approximate surface area is 88.7 Å². The highest BCUT2D eigenvalue weighted by Gasteiger charge is 2.21. The van der Waals surface area contributed by atoms with E-state index in [2.05, 4.69) is 39.6 Å². The van der Waals surface area contributed by atoms with Crippen LogP contribution < -0.4 is 5.32 Å². The molecule has 0 rings (SSSR count). The maximum atomic E-state index is 5.43. The molecule has 0 aliphatic heterocycles. The molecule has 0 amide bonds. The number of hydrogen-bond acceptors (Lipinski definition) is 2. The second-order valence-corrected chi connectivity index (χ2v) is 4.58. The number of methoxy groups -OCH3 is 1. The minimum absolute atomic E-state index is 0.0533. The third-order valence-electron chi connectivity index (χ3n) is 2.38. The highest BCUT2D eigenvalue weighted by Crippen LogP contribution is 2.19. The molecule has 0 aliphatic rings. The molecule has 84 valence electrons. The van der Waals surface area contributed by atoms with E-state index in [9.17, 15) is 0 Å². The van der Waals surface area contributed by atoms with Crippen LogP contribution >= 0.6 is 0 Å². The van der Waals surface area contributed by atoms with Gasteiger partial charge in [-0.3, -0.25) is 0 Å². The largest absolute Gasteiger partial charge is 0.379 e. The molecule has 14 heavy (non-hydrogen) atoms. The first kappa shape index (κ1) is 13.7. The Balaban J connectivity index is 4.14. The molecular weight excluding hydrogens is 174 g/mol. The molecule has 2 nitrogen and oxygen atoms in total. The number of ether oxygens (including phenoxy) is 1. The van der Waals surface area contributed by atoms with Crippen molar-refractivity contribution in [2.75, 3.05) is 13.7 Å². The summed E-state index contributed by atoms with van der Waals surface area (Å²) >= 11 is 0. The minimum Gasteiger partial charge on any atom is -0.379 e. The lowest BCUT2D eigenvalue weighted by Crippen LogP contribution is -2.37. The minimum atomic E-state index is -0.0533. The van der Waals surface area contributed by atoms with Crippen molar-refractivity contribution in [2.24, 2.45) is 0 Å². The monoisotopic (exact) mass is 199 g/mol. The summed E-state index contributed by atoms with van der Waals surface area (Å²) in [5.74, 6) is 0. The standard InChI is InChI=1S/C12H25NO/c1-7-13-11(8-10(2)3)9-12(4,5)14-6/h11,13H,2,7-9H2,1,3-6H3. The normalized spacial score (nSPS) is 14.1. The van der Waals surface area contributed by atoms with Crippen LogP contribution in [0.15, 0.2) is 12.2 Å². The fraction of sp³-hybridized carbons (Fsp3) is 0.833. The summed E-state index contributed by atoms with van der Waals surface area (Å²) in [6.07, 6.45) is 2.05. The Hall–Kier alpha value is -0.340. The van der Waals surface area contributed by atoms with Gasteiger partial charge in [-0.25, -0.2) is 0 Å². The van der Waals surface area contributed by atoms with Gasteiger partial charge in [-0.1, -0.05) is 12.5 Å². The maximum Gasteiger partial charge on any atom is 0.0637 e. The number of nitrogens with one attached hydrogen (secondary N) is 1. The summed E-state index contributed by atoms with van der Waals surface area (Å²) < 4.78 is 5.43. The third kappa shape index (κ3) is 6.17. The Morgan fingerprint density at radius 1 is 1.50 bits per heavy atom. The third-order valence-corrected chi connectivity index (χ3v) is 2.38. The van der Waals surface area contributed by atoms with Crippen molar-refractivity contribution >= 4 is 0 Å². The molecule has 0 spiro atoms. The Kier molecular flexibility index (Phi) is 6.05. The van der Waals surface area contributed by atoms with E-state index in [4.69, 9.17) is 4.74 Å². The van der Waals surface area contributed by atoms with Crippen LogP contribution in [0, 0.1) is 0 Å². The molecule has 0 aliphatic carbocycles. The maximum absolute atomic E-state index is 5.43. The van der Waals surface area contributed by atoms with E-state index >= 15 is 0 Å². The smallest absolute Gasteiger partial charge is 0.0637 e. The van der Waals surface area contributed by atoms with E-state index in [1.54, 1.807) is 7.11 Å². The van der Waals surface area contributed by atoms with Gasteiger partial charge in [0.25, 0.3) is 0 Å². The van der Waals surface area contributed by atoms with Gasteiger partial charge in [-0.05, 0) is 40.2 Å². The highest BCUT2D eigenvalue weighted by atomic mass is 16.5. The first-order chi connectivity index (χ1) is 6.41. The van der Waals surface area contributed by atoms with E-state index in [0.717, 1.165) is 19.4 Å². The molecule has 1 N–H and O–H groups in total. The Morgan fingerprint density at radius 3 is 2.43 bits per heavy atom. The summed E-state index contributed by atoms with van der Waals surface area (Å²) in [6, 6.07) is 0.479. The quantitative estimate of drug-likeness (QED) is 0.637. The van der Waals surface area contributed by atoms with Crippen LogP contribution in [0.25, 0.3) is 0 Å². The highest BCUT2D eigenvalue weighted by molar-refractivity contribution is 4.94. The summed E-state index contributed by atoms with van der Waals surface area (Å²) in [5.41, 5.74) is 1.17. The summed E-state index contributed by atoms with van der Waals surface area (Å²) in [4.78, 5) is 0. The fourth-order valence-electron chi connectivity index (χ4n) is 1.60.